The highest BCUT2D eigenvalue weighted by Gasteiger charge is 2.05. The number of benzene rings is 1. The Morgan fingerprint density at radius 2 is 1.90 bits per heavy atom. The lowest BCUT2D eigenvalue weighted by Gasteiger charge is -1.96. The van der Waals surface area contributed by atoms with Crippen LogP contribution in [-0.4, -0.2) is 5.78 Å². The molecule has 0 saturated heterocycles. The quantitative estimate of drug-likeness (QED) is 0.466. The highest BCUT2D eigenvalue weighted by atomic mass is 35.5. The Bertz CT molecular complexity index is 767. The minimum Gasteiger partial charge on any atom is -0.457 e. The second-order valence-corrected chi connectivity index (χ2v) is 5.77. The van der Waals surface area contributed by atoms with E-state index in [4.69, 9.17) is 16.0 Å². The van der Waals surface area contributed by atoms with Crippen LogP contribution in [0.5, 0.6) is 0 Å². The van der Waals surface area contributed by atoms with Gasteiger partial charge in [-0.2, -0.15) is 0 Å². The first-order valence-electron chi connectivity index (χ1n) is 6.34. The van der Waals surface area contributed by atoms with Gasteiger partial charge in [0.15, 0.2) is 5.78 Å². The number of hydrogen-bond donors (Lipinski definition) is 0. The van der Waals surface area contributed by atoms with Gasteiger partial charge < -0.3 is 4.42 Å². The van der Waals surface area contributed by atoms with Crippen LogP contribution in [0.15, 0.2) is 64.4 Å². The van der Waals surface area contributed by atoms with Gasteiger partial charge in [0.25, 0.3) is 0 Å². The van der Waals surface area contributed by atoms with E-state index in [2.05, 4.69) is 0 Å². The number of halogens is 1. The van der Waals surface area contributed by atoms with E-state index in [1.54, 1.807) is 12.1 Å². The van der Waals surface area contributed by atoms with Crippen LogP contribution in [0.25, 0.3) is 17.4 Å². The molecule has 0 unspecified atom stereocenters. The Labute approximate surface area is 131 Å². The molecule has 0 fully saturated rings. The van der Waals surface area contributed by atoms with Crippen LogP contribution < -0.4 is 0 Å². The van der Waals surface area contributed by atoms with Crippen LogP contribution in [-0.2, 0) is 0 Å². The number of carbonyl (C=O) groups excluding carboxylic acids is 1. The molecule has 21 heavy (non-hydrogen) atoms. The molecule has 0 aliphatic heterocycles. The van der Waals surface area contributed by atoms with Gasteiger partial charge in [-0.05, 0) is 60.0 Å². The Morgan fingerprint density at radius 1 is 1.10 bits per heavy atom. The number of allylic oxidation sites excluding steroid dienone is 1. The van der Waals surface area contributed by atoms with Gasteiger partial charge >= 0.3 is 0 Å². The molecule has 0 amide bonds. The van der Waals surface area contributed by atoms with Crippen molar-refractivity contribution in [2.24, 2.45) is 0 Å². The fraction of sp³-hybridized carbons (Fsp3) is 0. The van der Waals surface area contributed by atoms with Gasteiger partial charge in [0, 0.05) is 10.6 Å². The van der Waals surface area contributed by atoms with E-state index in [-0.39, 0.29) is 5.78 Å². The van der Waals surface area contributed by atoms with E-state index in [1.807, 2.05) is 47.8 Å². The summed E-state index contributed by atoms with van der Waals surface area (Å²) in [4.78, 5) is 12.6. The average Bonchev–Trinajstić information content (AvgIpc) is 3.17. The molecule has 0 atom stereocenters. The summed E-state index contributed by atoms with van der Waals surface area (Å²) in [6.07, 6.45) is 3.21. The molecule has 1 aromatic carbocycles. The van der Waals surface area contributed by atoms with Crippen molar-refractivity contribution < 1.29 is 9.21 Å². The summed E-state index contributed by atoms with van der Waals surface area (Å²) >= 11 is 7.29. The predicted octanol–water partition coefficient (Wildman–Crippen LogP) is 5.56. The first-order valence-corrected chi connectivity index (χ1v) is 7.60. The van der Waals surface area contributed by atoms with Crippen molar-refractivity contribution >= 4 is 34.8 Å². The van der Waals surface area contributed by atoms with E-state index in [9.17, 15) is 4.79 Å². The molecule has 0 saturated carbocycles. The standard InChI is InChI=1S/C17H11ClO2S/c18-13-5-3-12(4-6-13)16-10-8-14(20-16)7-9-15(19)17-2-1-11-21-17/h1-11H/b9-7+. The lowest BCUT2D eigenvalue weighted by Crippen LogP contribution is -1.87. The Balaban J connectivity index is 1.76. The summed E-state index contributed by atoms with van der Waals surface area (Å²) in [5, 5.41) is 2.57. The molecule has 0 aliphatic carbocycles. The number of hydrogen-bond acceptors (Lipinski definition) is 3. The zero-order chi connectivity index (χ0) is 14.7. The van der Waals surface area contributed by atoms with E-state index in [0.717, 1.165) is 16.2 Å². The Morgan fingerprint density at radius 3 is 2.62 bits per heavy atom. The Hall–Kier alpha value is -2.10. The second-order valence-electron chi connectivity index (χ2n) is 4.38. The van der Waals surface area contributed by atoms with E-state index in [0.29, 0.717) is 10.8 Å². The van der Waals surface area contributed by atoms with Crippen molar-refractivity contribution in [2.75, 3.05) is 0 Å². The smallest absolute Gasteiger partial charge is 0.195 e. The molecule has 0 spiro atoms. The number of thiophene rings is 1. The zero-order valence-electron chi connectivity index (χ0n) is 11.0. The zero-order valence-corrected chi connectivity index (χ0v) is 12.5. The van der Waals surface area contributed by atoms with Gasteiger partial charge in [-0.3, -0.25) is 4.79 Å². The van der Waals surface area contributed by atoms with Gasteiger partial charge in [0.05, 0.1) is 4.88 Å². The Kier molecular flexibility index (Phi) is 4.04. The van der Waals surface area contributed by atoms with Crippen molar-refractivity contribution in [3.63, 3.8) is 0 Å². The lowest BCUT2D eigenvalue weighted by molar-refractivity contribution is 0.105. The van der Waals surface area contributed by atoms with Crippen molar-refractivity contribution in [3.05, 3.63) is 75.6 Å². The third kappa shape index (κ3) is 3.32. The summed E-state index contributed by atoms with van der Waals surface area (Å²) in [6.45, 7) is 0. The molecule has 104 valence electrons. The predicted molar refractivity (Wildman–Crippen MR) is 86.8 cm³/mol. The van der Waals surface area contributed by atoms with Gasteiger partial charge in [0.2, 0.25) is 0 Å². The number of rotatable bonds is 4. The molecule has 0 aliphatic rings. The molecule has 2 heterocycles. The van der Waals surface area contributed by atoms with Gasteiger partial charge in [-0.1, -0.05) is 17.7 Å². The third-order valence-corrected chi connectivity index (χ3v) is 4.05. The molecular formula is C17H11ClO2S. The maximum Gasteiger partial charge on any atom is 0.195 e. The second kappa shape index (κ2) is 6.12. The SMILES string of the molecule is O=C(/C=C/c1ccc(-c2ccc(Cl)cc2)o1)c1cccs1. The van der Waals surface area contributed by atoms with Gasteiger partial charge in [0.1, 0.15) is 11.5 Å². The van der Waals surface area contributed by atoms with E-state index in [1.165, 1.54) is 17.4 Å². The summed E-state index contributed by atoms with van der Waals surface area (Å²) in [6, 6.07) is 14.8. The molecule has 2 nitrogen and oxygen atoms in total. The minimum absolute atomic E-state index is 0.0190. The highest BCUT2D eigenvalue weighted by Crippen LogP contribution is 2.24. The van der Waals surface area contributed by atoms with Crippen LogP contribution in [0.3, 0.4) is 0 Å². The fourth-order valence-corrected chi connectivity index (χ4v) is 2.64. The van der Waals surface area contributed by atoms with E-state index < -0.39 is 0 Å². The highest BCUT2D eigenvalue weighted by molar-refractivity contribution is 7.12. The molecule has 2 aromatic heterocycles. The number of ketones is 1. The fourth-order valence-electron chi connectivity index (χ4n) is 1.87. The largest absolute Gasteiger partial charge is 0.457 e. The van der Waals surface area contributed by atoms with Crippen molar-refractivity contribution in [1.29, 1.82) is 0 Å². The van der Waals surface area contributed by atoms with Crippen LogP contribution in [0.2, 0.25) is 5.02 Å². The van der Waals surface area contributed by atoms with Crippen molar-refractivity contribution in [1.82, 2.24) is 0 Å². The molecular weight excluding hydrogens is 304 g/mol. The van der Waals surface area contributed by atoms with Crippen molar-refractivity contribution in [2.45, 2.75) is 0 Å². The average molecular weight is 315 g/mol. The number of carbonyl (C=O) groups is 1. The van der Waals surface area contributed by atoms with Gasteiger partial charge in [-0.25, -0.2) is 0 Å². The molecule has 0 N–H and O–H groups in total. The first-order chi connectivity index (χ1) is 10.2. The lowest BCUT2D eigenvalue weighted by atomic mass is 10.2. The van der Waals surface area contributed by atoms with Gasteiger partial charge in [-0.15, -0.1) is 11.3 Å². The molecule has 3 rings (SSSR count). The summed E-state index contributed by atoms with van der Waals surface area (Å²) in [5.74, 6) is 1.37. The van der Waals surface area contributed by atoms with E-state index >= 15 is 0 Å². The molecule has 4 heteroatoms. The summed E-state index contributed by atoms with van der Waals surface area (Å²) < 4.78 is 5.70. The summed E-state index contributed by atoms with van der Waals surface area (Å²) in [7, 11) is 0. The van der Waals surface area contributed by atoms with Crippen LogP contribution in [0.1, 0.15) is 15.4 Å². The van der Waals surface area contributed by atoms with Crippen LogP contribution in [0, 0.1) is 0 Å². The molecule has 0 radical (unpaired) electrons. The maximum absolute atomic E-state index is 11.9. The first kappa shape index (κ1) is 13.9. The van der Waals surface area contributed by atoms with Crippen LogP contribution >= 0.6 is 22.9 Å². The molecule has 3 aromatic rings. The monoisotopic (exact) mass is 314 g/mol. The topological polar surface area (TPSA) is 30.2 Å². The maximum atomic E-state index is 11.9. The normalized spacial score (nSPS) is 11.1. The van der Waals surface area contributed by atoms with Crippen LogP contribution in [0.4, 0.5) is 0 Å². The summed E-state index contributed by atoms with van der Waals surface area (Å²) in [5.41, 5.74) is 0.948. The number of furan rings is 1. The van der Waals surface area contributed by atoms with Crippen molar-refractivity contribution in [3.8, 4) is 11.3 Å². The molecule has 0 bridgehead atoms. The minimum atomic E-state index is -0.0190. The third-order valence-electron chi connectivity index (χ3n) is 2.92.